The van der Waals surface area contributed by atoms with Crippen LogP contribution in [0.5, 0.6) is 0 Å². The quantitative estimate of drug-likeness (QED) is 0.618. The van der Waals surface area contributed by atoms with E-state index in [1.807, 2.05) is 0 Å². The number of nitrogens with one attached hydrogen (secondary N) is 1. The van der Waals surface area contributed by atoms with Crippen molar-refractivity contribution in [1.82, 2.24) is 5.32 Å². The zero-order valence-electron chi connectivity index (χ0n) is 13.5. The van der Waals surface area contributed by atoms with Gasteiger partial charge in [-0.15, -0.1) is 0 Å². The molecular formula is C18H35N. The van der Waals surface area contributed by atoms with Gasteiger partial charge in [-0.2, -0.15) is 0 Å². The summed E-state index contributed by atoms with van der Waals surface area (Å²) in [5, 5.41) is 3.84. The summed E-state index contributed by atoms with van der Waals surface area (Å²) in [7, 11) is 0. The molecule has 2 fully saturated rings. The number of unbranched alkanes of at least 4 members (excludes halogenated alkanes) is 1. The summed E-state index contributed by atoms with van der Waals surface area (Å²) in [6.07, 6.45) is 13.1. The van der Waals surface area contributed by atoms with Crippen LogP contribution in [0, 0.1) is 23.7 Å². The van der Waals surface area contributed by atoms with E-state index in [4.69, 9.17) is 0 Å². The summed E-state index contributed by atoms with van der Waals surface area (Å²) < 4.78 is 0. The zero-order valence-corrected chi connectivity index (χ0v) is 13.5. The molecule has 112 valence electrons. The Morgan fingerprint density at radius 2 is 1.74 bits per heavy atom. The van der Waals surface area contributed by atoms with Crippen molar-refractivity contribution in [1.29, 1.82) is 0 Å². The van der Waals surface area contributed by atoms with Gasteiger partial charge in [-0.25, -0.2) is 0 Å². The van der Waals surface area contributed by atoms with Crippen molar-refractivity contribution in [2.45, 2.75) is 84.6 Å². The summed E-state index contributed by atoms with van der Waals surface area (Å²) in [5.74, 6) is 4.20. The topological polar surface area (TPSA) is 12.0 Å². The molecule has 4 atom stereocenters. The zero-order chi connectivity index (χ0) is 13.7. The van der Waals surface area contributed by atoms with Crippen molar-refractivity contribution in [3.05, 3.63) is 0 Å². The first kappa shape index (κ1) is 15.4. The van der Waals surface area contributed by atoms with Gasteiger partial charge in [0.05, 0.1) is 0 Å². The normalized spacial score (nSPS) is 32.7. The second-order valence-corrected chi connectivity index (χ2v) is 7.01. The first-order valence-electron chi connectivity index (χ1n) is 9.05. The van der Waals surface area contributed by atoms with Gasteiger partial charge in [0.25, 0.3) is 0 Å². The smallest absolute Gasteiger partial charge is 0.0103 e. The van der Waals surface area contributed by atoms with E-state index < -0.39 is 0 Å². The monoisotopic (exact) mass is 265 g/mol. The maximum absolute atomic E-state index is 3.84. The Hall–Kier alpha value is -0.0400. The molecule has 0 radical (unpaired) electrons. The number of fused-ring (bicyclic) bond motifs is 1. The molecule has 1 heteroatoms. The van der Waals surface area contributed by atoms with E-state index in [0.717, 1.165) is 36.3 Å². The minimum absolute atomic E-state index is 0.833. The van der Waals surface area contributed by atoms with Crippen LogP contribution in [0.1, 0.15) is 78.6 Å². The lowest BCUT2D eigenvalue weighted by Crippen LogP contribution is -2.34. The lowest BCUT2D eigenvalue weighted by atomic mass is 9.89. The van der Waals surface area contributed by atoms with Crippen LogP contribution in [0.3, 0.4) is 0 Å². The van der Waals surface area contributed by atoms with Gasteiger partial charge in [-0.05, 0) is 49.5 Å². The third kappa shape index (κ3) is 3.97. The van der Waals surface area contributed by atoms with Crippen molar-refractivity contribution in [2.75, 3.05) is 6.54 Å². The van der Waals surface area contributed by atoms with Crippen LogP contribution in [-0.2, 0) is 0 Å². The molecule has 19 heavy (non-hydrogen) atoms. The van der Waals surface area contributed by atoms with Crippen LogP contribution in [0.25, 0.3) is 0 Å². The SMILES string of the molecule is CCCCC(CC)CC(NCC)C1C2CCCCC21. The first-order chi connectivity index (χ1) is 9.31. The predicted octanol–water partition coefficient (Wildman–Crippen LogP) is 5.01. The summed E-state index contributed by atoms with van der Waals surface area (Å²) in [4.78, 5) is 0. The summed E-state index contributed by atoms with van der Waals surface area (Å²) >= 11 is 0. The molecule has 0 amide bonds. The maximum Gasteiger partial charge on any atom is 0.0103 e. The van der Waals surface area contributed by atoms with Gasteiger partial charge in [-0.1, -0.05) is 59.3 Å². The summed E-state index contributed by atoms with van der Waals surface area (Å²) in [5.41, 5.74) is 0. The second kappa shape index (κ2) is 7.67. The van der Waals surface area contributed by atoms with Crippen LogP contribution < -0.4 is 5.32 Å². The number of hydrogen-bond donors (Lipinski definition) is 1. The molecule has 2 rings (SSSR count). The standard InChI is InChI=1S/C18H35N/c1-4-7-10-14(5-2)13-17(19-6-3)18-15-11-8-9-12-16(15)18/h14-19H,4-13H2,1-3H3. The van der Waals surface area contributed by atoms with Crippen molar-refractivity contribution in [3.63, 3.8) is 0 Å². The third-order valence-electron chi connectivity index (χ3n) is 5.78. The lowest BCUT2D eigenvalue weighted by Gasteiger charge is -2.24. The van der Waals surface area contributed by atoms with Crippen LogP contribution >= 0.6 is 0 Å². The van der Waals surface area contributed by atoms with E-state index in [2.05, 4.69) is 26.1 Å². The van der Waals surface area contributed by atoms with Crippen molar-refractivity contribution >= 4 is 0 Å². The van der Waals surface area contributed by atoms with Crippen molar-refractivity contribution in [3.8, 4) is 0 Å². The van der Waals surface area contributed by atoms with E-state index in [0.29, 0.717) is 0 Å². The van der Waals surface area contributed by atoms with Gasteiger partial charge >= 0.3 is 0 Å². The highest BCUT2D eigenvalue weighted by molar-refractivity contribution is 5.04. The molecule has 1 nitrogen and oxygen atoms in total. The van der Waals surface area contributed by atoms with Gasteiger partial charge in [0, 0.05) is 6.04 Å². The highest BCUT2D eigenvalue weighted by atomic mass is 14.9. The molecule has 0 spiro atoms. The van der Waals surface area contributed by atoms with E-state index in [1.54, 1.807) is 0 Å². The van der Waals surface area contributed by atoms with E-state index >= 15 is 0 Å². The highest BCUT2D eigenvalue weighted by Gasteiger charge is 2.53. The predicted molar refractivity (Wildman–Crippen MR) is 84.3 cm³/mol. The fourth-order valence-electron chi connectivity index (χ4n) is 4.62. The van der Waals surface area contributed by atoms with Gasteiger partial charge in [0.15, 0.2) is 0 Å². The fourth-order valence-corrected chi connectivity index (χ4v) is 4.62. The maximum atomic E-state index is 3.84. The average Bonchev–Trinajstić information content (AvgIpc) is 3.16. The Balaban J connectivity index is 1.85. The Kier molecular flexibility index (Phi) is 6.19. The third-order valence-corrected chi connectivity index (χ3v) is 5.78. The van der Waals surface area contributed by atoms with Crippen molar-refractivity contribution in [2.24, 2.45) is 23.7 Å². The van der Waals surface area contributed by atoms with Gasteiger partial charge in [0.1, 0.15) is 0 Å². The first-order valence-corrected chi connectivity index (χ1v) is 9.05. The van der Waals surface area contributed by atoms with Crippen LogP contribution in [0.2, 0.25) is 0 Å². The van der Waals surface area contributed by atoms with Crippen molar-refractivity contribution < 1.29 is 0 Å². The summed E-state index contributed by atoms with van der Waals surface area (Å²) in [6, 6.07) is 0.833. The van der Waals surface area contributed by atoms with Gasteiger partial charge in [0.2, 0.25) is 0 Å². The molecule has 0 bridgehead atoms. The van der Waals surface area contributed by atoms with E-state index in [1.165, 1.54) is 57.8 Å². The van der Waals surface area contributed by atoms with Crippen LogP contribution in [-0.4, -0.2) is 12.6 Å². The number of hydrogen-bond acceptors (Lipinski definition) is 1. The molecule has 0 saturated heterocycles. The van der Waals surface area contributed by atoms with Gasteiger partial charge < -0.3 is 5.32 Å². The molecule has 2 saturated carbocycles. The molecule has 0 aliphatic heterocycles. The molecular weight excluding hydrogens is 230 g/mol. The Bertz CT molecular complexity index is 238. The molecule has 2 aliphatic carbocycles. The Morgan fingerprint density at radius 3 is 2.26 bits per heavy atom. The number of rotatable bonds is 9. The molecule has 4 unspecified atom stereocenters. The molecule has 2 aliphatic rings. The van der Waals surface area contributed by atoms with Crippen LogP contribution in [0.4, 0.5) is 0 Å². The molecule has 0 aromatic heterocycles. The average molecular weight is 265 g/mol. The van der Waals surface area contributed by atoms with Gasteiger partial charge in [-0.3, -0.25) is 0 Å². The van der Waals surface area contributed by atoms with E-state index in [9.17, 15) is 0 Å². The molecule has 0 aromatic carbocycles. The molecule has 0 heterocycles. The Morgan fingerprint density at radius 1 is 1.05 bits per heavy atom. The minimum Gasteiger partial charge on any atom is -0.314 e. The fraction of sp³-hybridized carbons (Fsp3) is 1.00. The summed E-state index contributed by atoms with van der Waals surface area (Å²) in [6.45, 7) is 8.16. The highest BCUT2D eigenvalue weighted by Crippen LogP contribution is 2.57. The largest absolute Gasteiger partial charge is 0.314 e. The molecule has 1 N–H and O–H groups in total. The molecule has 0 aromatic rings. The van der Waals surface area contributed by atoms with E-state index in [-0.39, 0.29) is 0 Å². The Labute approximate surface area is 120 Å². The lowest BCUT2D eigenvalue weighted by molar-refractivity contribution is 0.317. The van der Waals surface area contributed by atoms with Crippen LogP contribution in [0.15, 0.2) is 0 Å². The second-order valence-electron chi connectivity index (χ2n) is 7.01. The minimum atomic E-state index is 0.833.